The Hall–Kier alpha value is -1.02. The molecule has 1 aliphatic heterocycles. The van der Waals surface area contributed by atoms with E-state index in [4.69, 9.17) is 0 Å². The van der Waals surface area contributed by atoms with Crippen LogP contribution in [0.15, 0.2) is 18.2 Å². The maximum Gasteiger partial charge on any atom is 0.0399 e. The van der Waals surface area contributed by atoms with Crippen molar-refractivity contribution < 1.29 is 0 Å². The zero-order chi connectivity index (χ0) is 13.2. The topological polar surface area (TPSA) is 15.3 Å². The van der Waals surface area contributed by atoms with Crippen LogP contribution in [0.3, 0.4) is 0 Å². The summed E-state index contributed by atoms with van der Waals surface area (Å²) in [5.74, 6) is 0. The molecule has 1 atom stereocenters. The van der Waals surface area contributed by atoms with E-state index in [1.54, 1.807) is 0 Å². The van der Waals surface area contributed by atoms with Gasteiger partial charge in [-0.15, -0.1) is 0 Å². The highest BCUT2D eigenvalue weighted by Gasteiger charge is 2.27. The zero-order valence-corrected chi connectivity index (χ0v) is 12.2. The third-order valence-electron chi connectivity index (χ3n) is 4.39. The van der Waals surface area contributed by atoms with Gasteiger partial charge in [0.15, 0.2) is 0 Å². The number of aryl methyl sites for hydroxylation is 1. The normalized spacial score (nSPS) is 25.0. The summed E-state index contributed by atoms with van der Waals surface area (Å²) in [7, 11) is 0. The summed E-state index contributed by atoms with van der Waals surface area (Å²) < 4.78 is 0. The number of rotatable bonds is 2. The standard InChI is InChI=1S/C16H26N2/c1-5-16(4)12-18(11-7-10-17-16)15-9-6-8-13(2)14(15)3/h6,8-9,17H,5,7,10-12H2,1-4H3. The molecule has 0 aliphatic carbocycles. The highest BCUT2D eigenvalue weighted by atomic mass is 15.2. The highest BCUT2D eigenvalue weighted by molar-refractivity contribution is 5.56. The van der Waals surface area contributed by atoms with E-state index >= 15 is 0 Å². The van der Waals surface area contributed by atoms with Gasteiger partial charge in [-0.1, -0.05) is 19.1 Å². The zero-order valence-electron chi connectivity index (χ0n) is 12.2. The predicted octanol–water partition coefficient (Wildman–Crippen LogP) is 3.27. The molecule has 1 heterocycles. The average molecular weight is 246 g/mol. The quantitative estimate of drug-likeness (QED) is 0.861. The fraction of sp³-hybridized carbons (Fsp3) is 0.625. The second kappa shape index (κ2) is 5.31. The smallest absolute Gasteiger partial charge is 0.0399 e. The van der Waals surface area contributed by atoms with Gasteiger partial charge in [-0.05, 0) is 57.4 Å². The number of nitrogens with one attached hydrogen (secondary N) is 1. The summed E-state index contributed by atoms with van der Waals surface area (Å²) >= 11 is 0. The van der Waals surface area contributed by atoms with Crippen molar-refractivity contribution in [3.63, 3.8) is 0 Å². The van der Waals surface area contributed by atoms with Gasteiger partial charge in [0.25, 0.3) is 0 Å². The van der Waals surface area contributed by atoms with Gasteiger partial charge >= 0.3 is 0 Å². The Morgan fingerprint density at radius 2 is 2.11 bits per heavy atom. The molecule has 2 rings (SSSR count). The molecule has 0 amide bonds. The third-order valence-corrected chi connectivity index (χ3v) is 4.39. The Kier molecular flexibility index (Phi) is 3.96. The first-order valence-corrected chi connectivity index (χ1v) is 7.12. The Morgan fingerprint density at radius 3 is 2.83 bits per heavy atom. The lowest BCUT2D eigenvalue weighted by molar-refractivity contribution is 0.366. The van der Waals surface area contributed by atoms with Crippen molar-refractivity contribution in [1.29, 1.82) is 0 Å². The lowest BCUT2D eigenvalue weighted by Crippen LogP contribution is -2.48. The van der Waals surface area contributed by atoms with Gasteiger partial charge in [0.05, 0.1) is 0 Å². The summed E-state index contributed by atoms with van der Waals surface area (Å²) in [6, 6.07) is 6.65. The first kappa shape index (κ1) is 13.4. The first-order chi connectivity index (χ1) is 8.56. The van der Waals surface area contributed by atoms with Crippen molar-refractivity contribution >= 4 is 5.69 Å². The third kappa shape index (κ3) is 2.69. The van der Waals surface area contributed by atoms with Crippen LogP contribution in [0.25, 0.3) is 0 Å². The summed E-state index contributed by atoms with van der Waals surface area (Å²) in [5.41, 5.74) is 4.48. The van der Waals surface area contributed by atoms with Crippen LogP contribution in [0.2, 0.25) is 0 Å². The molecule has 0 bridgehead atoms. The van der Waals surface area contributed by atoms with Crippen molar-refractivity contribution in [3.8, 4) is 0 Å². The molecule has 1 aromatic rings. The van der Waals surface area contributed by atoms with Crippen molar-refractivity contribution in [2.24, 2.45) is 0 Å². The Morgan fingerprint density at radius 1 is 1.33 bits per heavy atom. The van der Waals surface area contributed by atoms with Gasteiger partial charge in [-0.3, -0.25) is 0 Å². The Balaban J connectivity index is 2.28. The second-order valence-corrected chi connectivity index (χ2v) is 5.84. The molecule has 1 unspecified atom stereocenters. The monoisotopic (exact) mass is 246 g/mol. The molecular formula is C16H26N2. The first-order valence-electron chi connectivity index (χ1n) is 7.12. The summed E-state index contributed by atoms with van der Waals surface area (Å²) in [6.45, 7) is 12.5. The van der Waals surface area contributed by atoms with Crippen molar-refractivity contribution in [1.82, 2.24) is 5.32 Å². The molecule has 100 valence electrons. The molecule has 1 aromatic carbocycles. The van der Waals surface area contributed by atoms with Crippen LogP contribution in [0.4, 0.5) is 5.69 Å². The molecule has 0 saturated carbocycles. The Labute approximate surface area is 111 Å². The average Bonchev–Trinajstić information content (AvgIpc) is 2.56. The van der Waals surface area contributed by atoms with E-state index in [0.29, 0.717) is 0 Å². The van der Waals surface area contributed by atoms with Crippen LogP contribution in [0.1, 0.15) is 37.8 Å². The van der Waals surface area contributed by atoms with Crippen LogP contribution < -0.4 is 10.2 Å². The van der Waals surface area contributed by atoms with Gasteiger partial charge in [0, 0.05) is 24.3 Å². The summed E-state index contributed by atoms with van der Waals surface area (Å²) in [6.07, 6.45) is 2.40. The van der Waals surface area contributed by atoms with Gasteiger partial charge in [0.1, 0.15) is 0 Å². The fourth-order valence-corrected chi connectivity index (χ4v) is 2.74. The molecule has 1 aliphatic rings. The molecule has 0 spiro atoms. The molecule has 0 aromatic heterocycles. The van der Waals surface area contributed by atoms with E-state index in [1.165, 1.54) is 29.7 Å². The number of hydrogen-bond donors (Lipinski definition) is 1. The number of benzene rings is 1. The minimum Gasteiger partial charge on any atom is -0.369 e. The van der Waals surface area contributed by atoms with Crippen molar-refractivity contribution in [2.75, 3.05) is 24.5 Å². The van der Waals surface area contributed by atoms with Crippen LogP contribution in [0.5, 0.6) is 0 Å². The maximum absolute atomic E-state index is 3.70. The molecule has 1 saturated heterocycles. The van der Waals surface area contributed by atoms with Crippen LogP contribution in [-0.2, 0) is 0 Å². The summed E-state index contributed by atoms with van der Waals surface area (Å²) in [5, 5.41) is 3.70. The van der Waals surface area contributed by atoms with E-state index in [1.807, 2.05) is 0 Å². The fourth-order valence-electron chi connectivity index (χ4n) is 2.74. The Bertz CT molecular complexity index is 414. The number of anilines is 1. The van der Waals surface area contributed by atoms with E-state index < -0.39 is 0 Å². The minimum atomic E-state index is 0.243. The van der Waals surface area contributed by atoms with E-state index in [0.717, 1.165) is 19.6 Å². The van der Waals surface area contributed by atoms with Gasteiger partial charge < -0.3 is 10.2 Å². The van der Waals surface area contributed by atoms with Crippen LogP contribution >= 0.6 is 0 Å². The van der Waals surface area contributed by atoms with E-state index in [-0.39, 0.29) is 5.54 Å². The SMILES string of the molecule is CCC1(C)CN(c2cccc(C)c2C)CCCN1. The van der Waals surface area contributed by atoms with Gasteiger partial charge in [0.2, 0.25) is 0 Å². The second-order valence-electron chi connectivity index (χ2n) is 5.84. The maximum atomic E-state index is 3.70. The molecule has 18 heavy (non-hydrogen) atoms. The number of hydrogen-bond acceptors (Lipinski definition) is 2. The lowest BCUT2D eigenvalue weighted by Gasteiger charge is -2.34. The van der Waals surface area contributed by atoms with Crippen LogP contribution in [-0.4, -0.2) is 25.2 Å². The molecule has 2 heteroatoms. The molecule has 2 nitrogen and oxygen atoms in total. The predicted molar refractivity (Wildman–Crippen MR) is 79.4 cm³/mol. The number of nitrogens with zero attached hydrogens (tertiary/aromatic N) is 1. The van der Waals surface area contributed by atoms with Gasteiger partial charge in [-0.25, -0.2) is 0 Å². The van der Waals surface area contributed by atoms with Gasteiger partial charge in [-0.2, -0.15) is 0 Å². The largest absolute Gasteiger partial charge is 0.369 e. The molecule has 0 radical (unpaired) electrons. The van der Waals surface area contributed by atoms with E-state index in [2.05, 4.69) is 56.1 Å². The highest BCUT2D eigenvalue weighted by Crippen LogP contribution is 2.26. The van der Waals surface area contributed by atoms with Crippen LogP contribution in [0, 0.1) is 13.8 Å². The molecular weight excluding hydrogens is 220 g/mol. The van der Waals surface area contributed by atoms with E-state index in [9.17, 15) is 0 Å². The molecule has 1 N–H and O–H groups in total. The summed E-state index contributed by atoms with van der Waals surface area (Å²) in [4.78, 5) is 2.56. The lowest BCUT2D eigenvalue weighted by atomic mass is 9.97. The van der Waals surface area contributed by atoms with Crippen molar-refractivity contribution in [2.45, 2.75) is 46.1 Å². The minimum absolute atomic E-state index is 0.243. The van der Waals surface area contributed by atoms with Crippen molar-refractivity contribution in [3.05, 3.63) is 29.3 Å². The molecule has 1 fully saturated rings.